The minimum Gasteiger partial charge on any atom is -0.383 e. The first-order valence-electron chi connectivity index (χ1n) is 9.57. The van der Waals surface area contributed by atoms with Crippen LogP contribution in [0.2, 0.25) is 0 Å². The van der Waals surface area contributed by atoms with Gasteiger partial charge in [-0.25, -0.2) is 4.98 Å². The number of aromatic nitrogens is 2. The van der Waals surface area contributed by atoms with Gasteiger partial charge in [-0.15, -0.1) is 0 Å². The van der Waals surface area contributed by atoms with Crippen molar-refractivity contribution in [3.63, 3.8) is 0 Å². The molecule has 0 aliphatic carbocycles. The van der Waals surface area contributed by atoms with Gasteiger partial charge in [-0.1, -0.05) is 54.2 Å². The standard InChI is InChI=1S/C22H25N3O3S/c1-3-25-21(27)18-11-7-8-12-19(18)23-22(25)29-16-20(26)24(13-14-28-2)15-17-9-5-4-6-10-17/h4-12H,3,13-16H2,1-2H3. The fraction of sp³-hybridized carbons (Fsp3) is 0.318. The molecule has 0 aliphatic heterocycles. The van der Waals surface area contributed by atoms with Crippen LogP contribution in [-0.4, -0.2) is 46.4 Å². The van der Waals surface area contributed by atoms with Crippen LogP contribution in [0.1, 0.15) is 12.5 Å². The van der Waals surface area contributed by atoms with Gasteiger partial charge < -0.3 is 9.64 Å². The van der Waals surface area contributed by atoms with Crippen LogP contribution in [0.15, 0.2) is 64.5 Å². The maximum absolute atomic E-state index is 12.9. The van der Waals surface area contributed by atoms with Crippen LogP contribution < -0.4 is 5.56 Å². The molecule has 3 aromatic rings. The first-order valence-corrected chi connectivity index (χ1v) is 10.6. The van der Waals surface area contributed by atoms with Crippen LogP contribution in [0.4, 0.5) is 0 Å². The van der Waals surface area contributed by atoms with Gasteiger partial charge in [0.2, 0.25) is 5.91 Å². The molecule has 0 bridgehead atoms. The van der Waals surface area contributed by atoms with Crippen molar-refractivity contribution < 1.29 is 9.53 Å². The van der Waals surface area contributed by atoms with Gasteiger partial charge in [-0.2, -0.15) is 0 Å². The summed E-state index contributed by atoms with van der Waals surface area (Å²) in [4.78, 5) is 32.0. The first-order chi connectivity index (χ1) is 14.1. The second-order valence-electron chi connectivity index (χ2n) is 6.54. The fourth-order valence-electron chi connectivity index (χ4n) is 3.05. The van der Waals surface area contributed by atoms with Crippen LogP contribution in [0, 0.1) is 0 Å². The van der Waals surface area contributed by atoms with Crippen molar-refractivity contribution in [2.45, 2.75) is 25.2 Å². The summed E-state index contributed by atoms with van der Waals surface area (Å²) < 4.78 is 6.79. The number of fused-ring (bicyclic) bond motifs is 1. The molecule has 1 aromatic heterocycles. The molecule has 0 N–H and O–H groups in total. The minimum absolute atomic E-state index is 0.0130. The van der Waals surface area contributed by atoms with Crippen molar-refractivity contribution in [2.75, 3.05) is 26.0 Å². The molecule has 1 amide bonds. The number of nitrogens with zero attached hydrogens (tertiary/aromatic N) is 3. The molecule has 0 fully saturated rings. The molecule has 0 saturated carbocycles. The molecule has 0 unspecified atom stereocenters. The SMILES string of the molecule is CCn1c(SCC(=O)N(CCOC)Cc2ccccc2)nc2ccccc2c1=O. The summed E-state index contributed by atoms with van der Waals surface area (Å²) in [6, 6.07) is 17.2. The van der Waals surface area contributed by atoms with Gasteiger partial charge in [0.05, 0.1) is 23.3 Å². The zero-order valence-corrected chi connectivity index (χ0v) is 17.5. The van der Waals surface area contributed by atoms with Crippen molar-refractivity contribution in [3.05, 3.63) is 70.5 Å². The van der Waals surface area contributed by atoms with Crippen LogP contribution in [0.3, 0.4) is 0 Å². The molecule has 0 radical (unpaired) electrons. The Hall–Kier alpha value is -2.64. The van der Waals surface area contributed by atoms with E-state index in [-0.39, 0.29) is 17.2 Å². The van der Waals surface area contributed by atoms with Crippen LogP contribution >= 0.6 is 11.8 Å². The van der Waals surface area contributed by atoms with Gasteiger partial charge >= 0.3 is 0 Å². The van der Waals surface area contributed by atoms with E-state index in [1.807, 2.05) is 55.5 Å². The third kappa shape index (κ3) is 5.25. The number of benzene rings is 2. The number of carbonyl (C=O) groups is 1. The molecular weight excluding hydrogens is 386 g/mol. The van der Waals surface area contributed by atoms with E-state index in [1.165, 1.54) is 11.8 Å². The van der Waals surface area contributed by atoms with Crippen molar-refractivity contribution in [1.29, 1.82) is 0 Å². The quantitative estimate of drug-likeness (QED) is 0.400. The summed E-state index contributed by atoms with van der Waals surface area (Å²) in [5.41, 5.74) is 1.64. The van der Waals surface area contributed by atoms with Gasteiger partial charge in [-0.05, 0) is 24.6 Å². The van der Waals surface area contributed by atoms with E-state index in [2.05, 4.69) is 4.98 Å². The van der Waals surface area contributed by atoms with Gasteiger partial charge in [0.15, 0.2) is 5.16 Å². The highest BCUT2D eigenvalue weighted by molar-refractivity contribution is 7.99. The minimum atomic E-state index is -0.0754. The van der Waals surface area contributed by atoms with Crippen molar-refractivity contribution in [2.24, 2.45) is 0 Å². The van der Waals surface area contributed by atoms with Crippen molar-refractivity contribution in [3.8, 4) is 0 Å². The lowest BCUT2D eigenvalue weighted by molar-refractivity contribution is -0.129. The molecule has 29 heavy (non-hydrogen) atoms. The second-order valence-corrected chi connectivity index (χ2v) is 7.49. The van der Waals surface area contributed by atoms with Gasteiger partial charge in [0.1, 0.15) is 0 Å². The lowest BCUT2D eigenvalue weighted by atomic mass is 10.2. The maximum atomic E-state index is 12.9. The van der Waals surface area contributed by atoms with E-state index < -0.39 is 0 Å². The molecule has 0 saturated heterocycles. The van der Waals surface area contributed by atoms with E-state index in [1.54, 1.807) is 22.6 Å². The topological polar surface area (TPSA) is 64.4 Å². The maximum Gasteiger partial charge on any atom is 0.262 e. The summed E-state index contributed by atoms with van der Waals surface area (Å²) >= 11 is 1.30. The molecule has 0 atom stereocenters. The Labute approximate surface area is 174 Å². The predicted octanol–water partition coefficient (Wildman–Crippen LogP) is 3.18. The summed E-state index contributed by atoms with van der Waals surface area (Å²) in [6.45, 7) is 3.91. The Morgan fingerprint density at radius 3 is 2.59 bits per heavy atom. The lowest BCUT2D eigenvalue weighted by Crippen LogP contribution is -2.35. The smallest absolute Gasteiger partial charge is 0.262 e. The molecule has 7 heteroatoms. The number of carbonyl (C=O) groups excluding carboxylic acids is 1. The predicted molar refractivity (Wildman–Crippen MR) is 116 cm³/mol. The summed E-state index contributed by atoms with van der Waals surface area (Å²) in [7, 11) is 1.62. The Morgan fingerprint density at radius 1 is 1.14 bits per heavy atom. The molecular formula is C22H25N3O3S. The van der Waals surface area contributed by atoms with Crippen molar-refractivity contribution in [1.82, 2.24) is 14.5 Å². The van der Waals surface area contributed by atoms with Gasteiger partial charge in [0.25, 0.3) is 5.56 Å². The summed E-state index contributed by atoms with van der Waals surface area (Å²) in [6.07, 6.45) is 0. The normalized spacial score (nSPS) is 11.0. The van der Waals surface area contributed by atoms with E-state index in [0.29, 0.717) is 42.3 Å². The van der Waals surface area contributed by atoms with Crippen LogP contribution in [0.5, 0.6) is 0 Å². The average Bonchev–Trinajstić information content (AvgIpc) is 2.75. The number of hydrogen-bond donors (Lipinski definition) is 0. The van der Waals surface area contributed by atoms with Gasteiger partial charge in [0, 0.05) is 26.7 Å². The fourth-order valence-corrected chi connectivity index (χ4v) is 4.02. The Balaban J connectivity index is 1.77. The highest BCUT2D eigenvalue weighted by Gasteiger charge is 2.17. The second kappa shape index (κ2) is 10.2. The molecule has 0 spiro atoms. The van der Waals surface area contributed by atoms with E-state index >= 15 is 0 Å². The third-order valence-electron chi connectivity index (χ3n) is 4.60. The number of methoxy groups -OCH3 is 1. The summed E-state index contributed by atoms with van der Waals surface area (Å²) in [5, 5.41) is 1.16. The Kier molecular flexibility index (Phi) is 7.43. The number of ether oxygens (including phenoxy) is 1. The Bertz CT molecular complexity index is 1020. The number of para-hydroxylation sites is 1. The molecule has 0 aliphatic rings. The zero-order valence-electron chi connectivity index (χ0n) is 16.7. The van der Waals surface area contributed by atoms with E-state index in [4.69, 9.17) is 4.74 Å². The number of rotatable bonds is 9. The summed E-state index contributed by atoms with van der Waals surface area (Å²) in [5.74, 6) is 0.197. The highest BCUT2D eigenvalue weighted by Crippen LogP contribution is 2.19. The molecule has 1 heterocycles. The number of hydrogen-bond acceptors (Lipinski definition) is 5. The van der Waals surface area contributed by atoms with Crippen LogP contribution in [0.25, 0.3) is 10.9 Å². The number of thioether (sulfide) groups is 1. The van der Waals surface area contributed by atoms with E-state index in [0.717, 1.165) is 5.56 Å². The monoisotopic (exact) mass is 411 g/mol. The van der Waals surface area contributed by atoms with Crippen molar-refractivity contribution >= 4 is 28.6 Å². The molecule has 3 rings (SSSR count). The third-order valence-corrected chi connectivity index (χ3v) is 5.56. The average molecular weight is 412 g/mol. The first kappa shape index (κ1) is 21.1. The number of amides is 1. The largest absolute Gasteiger partial charge is 0.383 e. The highest BCUT2D eigenvalue weighted by atomic mass is 32.2. The molecule has 152 valence electrons. The zero-order chi connectivity index (χ0) is 20.6. The van der Waals surface area contributed by atoms with Crippen LogP contribution in [-0.2, 0) is 22.6 Å². The van der Waals surface area contributed by atoms with E-state index in [9.17, 15) is 9.59 Å². The molecule has 6 nitrogen and oxygen atoms in total. The lowest BCUT2D eigenvalue weighted by Gasteiger charge is -2.22. The van der Waals surface area contributed by atoms with Gasteiger partial charge in [-0.3, -0.25) is 14.2 Å². The Morgan fingerprint density at radius 2 is 1.86 bits per heavy atom. The molecule has 2 aromatic carbocycles.